The molecule has 2 nitrogen and oxygen atoms in total. The molecule has 206 valence electrons. The van der Waals surface area contributed by atoms with E-state index in [1.54, 1.807) is 0 Å². The number of aryl methyl sites for hydroxylation is 2. The topological polar surface area (TPSA) is 13.1 Å². The number of aromatic nitrogens is 1. The Hall–Kier alpha value is -3.39. The fraction of sp³-hybridized carbons (Fsp3) is 0.395. The van der Waals surface area contributed by atoms with Crippen LogP contribution in [0.5, 0.6) is 11.5 Å². The van der Waals surface area contributed by atoms with Gasteiger partial charge in [-0.05, 0) is 87.7 Å². The van der Waals surface area contributed by atoms with Crippen molar-refractivity contribution in [3.63, 3.8) is 0 Å². The van der Waals surface area contributed by atoms with E-state index in [0.717, 1.165) is 30.8 Å². The zero-order valence-electron chi connectivity index (χ0n) is 25.8. The Morgan fingerprint density at radius 3 is 2.27 bits per heavy atom. The smallest absolute Gasteiger partial charge is 0.228 e. The maximum absolute atomic E-state index is 7.08. The first-order valence-electron chi connectivity index (χ1n) is 15.1. The number of ether oxygens (including phenoxy) is 1. The van der Waals surface area contributed by atoms with Gasteiger partial charge >= 0.3 is 0 Å². The molecule has 0 N–H and O–H groups in total. The first kappa shape index (κ1) is 26.8. The van der Waals surface area contributed by atoms with Crippen LogP contribution in [0.1, 0.15) is 70.7 Å². The molecular formula is C38H44NO+. The monoisotopic (exact) mass is 530 g/mol. The minimum atomic E-state index is 0.125. The van der Waals surface area contributed by atoms with E-state index in [9.17, 15) is 0 Å². The predicted molar refractivity (Wildman–Crippen MR) is 171 cm³/mol. The lowest BCUT2D eigenvalue weighted by Gasteiger charge is -2.28. The molecule has 6 rings (SSSR count). The Morgan fingerprint density at radius 2 is 1.57 bits per heavy atom. The number of pyridine rings is 1. The molecule has 0 spiro atoms. The summed E-state index contributed by atoms with van der Waals surface area (Å²) in [7, 11) is 2.19. The van der Waals surface area contributed by atoms with Crippen LogP contribution < -0.4 is 9.30 Å². The predicted octanol–water partition coefficient (Wildman–Crippen LogP) is 10.0. The highest BCUT2D eigenvalue weighted by atomic mass is 16.5. The van der Waals surface area contributed by atoms with Crippen molar-refractivity contribution in [2.45, 2.75) is 74.7 Å². The average Bonchev–Trinajstić information content (AvgIpc) is 2.86. The Balaban J connectivity index is 1.75. The van der Waals surface area contributed by atoms with E-state index >= 15 is 0 Å². The number of hydrogen-bond donors (Lipinski definition) is 0. The van der Waals surface area contributed by atoms with Gasteiger partial charge in [-0.2, -0.15) is 0 Å². The summed E-state index contributed by atoms with van der Waals surface area (Å²) in [6, 6.07) is 18.5. The summed E-state index contributed by atoms with van der Waals surface area (Å²) in [6.07, 6.45) is 5.37. The van der Waals surface area contributed by atoms with E-state index in [2.05, 4.69) is 122 Å². The van der Waals surface area contributed by atoms with Crippen LogP contribution in [0.3, 0.4) is 0 Å². The Labute approximate surface area is 240 Å². The Kier molecular flexibility index (Phi) is 6.44. The van der Waals surface area contributed by atoms with Gasteiger partial charge in [0, 0.05) is 17.0 Å². The molecule has 2 heterocycles. The summed E-state index contributed by atoms with van der Waals surface area (Å²) in [5.41, 5.74) is 8.14. The largest absolute Gasteiger partial charge is 0.455 e. The van der Waals surface area contributed by atoms with Crippen molar-refractivity contribution in [3.05, 3.63) is 77.0 Å². The van der Waals surface area contributed by atoms with Crippen LogP contribution >= 0.6 is 0 Å². The summed E-state index contributed by atoms with van der Waals surface area (Å²) in [5, 5.41) is 7.86. The molecule has 1 aliphatic rings. The van der Waals surface area contributed by atoms with Gasteiger partial charge in [0.05, 0.1) is 10.9 Å². The Bertz CT molecular complexity index is 1800. The van der Waals surface area contributed by atoms with Crippen molar-refractivity contribution in [2.75, 3.05) is 0 Å². The minimum absolute atomic E-state index is 0.125. The lowest BCUT2D eigenvalue weighted by Crippen LogP contribution is -2.32. The maximum atomic E-state index is 7.08. The van der Waals surface area contributed by atoms with Gasteiger partial charge in [0.2, 0.25) is 5.69 Å². The molecule has 0 fully saturated rings. The summed E-state index contributed by atoms with van der Waals surface area (Å²) in [5.74, 6) is 3.25. The zero-order valence-corrected chi connectivity index (χ0v) is 25.8. The fourth-order valence-electron chi connectivity index (χ4n) is 6.93. The van der Waals surface area contributed by atoms with Crippen LogP contribution in [0.15, 0.2) is 54.7 Å². The van der Waals surface area contributed by atoms with Crippen molar-refractivity contribution in [3.8, 4) is 22.8 Å². The first-order chi connectivity index (χ1) is 18.9. The van der Waals surface area contributed by atoms with Crippen LogP contribution in [-0.4, -0.2) is 0 Å². The second-order valence-electron chi connectivity index (χ2n) is 14.2. The van der Waals surface area contributed by atoms with Gasteiger partial charge in [-0.3, -0.25) is 0 Å². The second-order valence-corrected chi connectivity index (χ2v) is 14.2. The van der Waals surface area contributed by atoms with E-state index in [4.69, 9.17) is 4.74 Å². The molecule has 0 aliphatic carbocycles. The summed E-state index contributed by atoms with van der Waals surface area (Å²) in [6.45, 7) is 18.5. The molecule has 4 aromatic carbocycles. The van der Waals surface area contributed by atoms with Gasteiger partial charge < -0.3 is 4.74 Å². The maximum Gasteiger partial charge on any atom is 0.228 e. The average molecular weight is 531 g/mol. The van der Waals surface area contributed by atoms with E-state index in [-0.39, 0.29) is 5.41 Å². The molecule has 2 heteroatoms. The van der Waals surface area contributed by atoms with Crippen LogP contribution in [0.4, 0.5) is 0 Å². The normalized spacial score (nSPS) is 13.1. The molecule has 5 aromatic rings. The van der Waals surface area contributed by atoms with Crippen molar-refractivity contribution in [1.29, 1.82) is 0 Å². The van der Waals surface area contributed by atoms with E-state index in [0.29, 0.717) is 11.8 Å². The summed E-state index contributed by atoms with van der Waals surface area (Å²) >= 11 is 0. The summed E-state index contributed by atoms with van der Waals surface area (Å²) in [4.78, 5) is 0. The minimum Gasteiger partial charge on any atom is -0.455 e. The van der Waals surface area contributed by atoms with Crippen molar-refractivity contribution in [2.24, 2.45) is 24.3 Å². The van der Waals surface area contributed by atoms with Gasteiger partial charge in [-0.15, -0.1) is 0 Å². The van der Waals surface area contributed by atoms with E-state index in [1.165, 1.54) is 65.8 Å². The third-order valence-electron chi connectivity index (χ3n) is 8.43. The standard InChI is InChI=1S/C38H44NO/c1-22(2)17-25-13-14-28-30(19-25)24(5)33-36-35-29(15-16-39(36)9)34-26(18-23(3)4)11-10-12-27(34)20-32(35)40-37(33)31(28)21-38(6,7)8/h10-16,19-20,22-23H,17-18,21H2,1-9H3/q+1. The molecule has 0 unspecified atom stereocenters. The van der Waals surface area contributed by atoms with Crippen LogP contribution in [-0.2, 0) is 26.3 Å². The molecule has 0 saturated carbocycles. The van der Waals surface area contributed by atoms with E-state index in [1.807, 2.05) is 0 Å². The number of hydrogen-bond acceptors (Lipinski definition) is 1. The van der Waals surface area contributed by atoms with Crippen molar-refractivity contribution < 1.29 is 9.30 Å². The molecule has 0 bridgehead atoms. The van der Waals surface area contributed by atoms with Crippen LogP contribution in [0, 0.1) is 24.2 Å². The third-order valence-corrected chi connectivity index (χ3v) is 8.43. The molecular weight excluding hydrogens is 486 g/mol. The highest BCUT2D eigenvalue weighted by Gasteiger charge is 2.34. The van der Waals surface area contributed by atoms with Gasteiger partial charge in [0.1, 0.15) is 18.5 Å². The number of rotatable bonds is 5. The molecule has 0 radical (unpaired) electrons. The van der Waals surface area contributed by atoms with Crippen LogP contribution in [0.25, 0.3) is 43.6 Å². The quantitative estimate of drug-likeness (QED) is 0.160. The van der Waals surface area contributed by atoms with Gasteiger partial charge in [0.15, 0.2) is 6.20 Å². The van der Waals surface area contributed by atoms with Gasteiger partial charge in [0.25, 0.3) is 0 Å². The lowest BCUT2D eigenvalue weighted by molar-refractivity contribution is -0.659. The number of nitrogens with zero attached hydrogens (tertiary/aromatic N) is 1. The number of benzene rings is 4. The second kappa shape index (κ2) is 9.61. The molecule has 1 aliphatic heterocycles. The van der Waals surface area contributed by atoms with Gasteiger partial charge in [-0.1, -0.05) is 84.9 Å². The zero-order chi connectivity index (χ0) is 28.5. The molecule has 0 atom stereocenters. The molecule has 40 heavy (non-hydrogen) atoms. The fourth-order valence-corrected chi connectivity index (χ4v) is 6.93. The SMILES string of the molecule is Cc1c2c(c(CC(C)(C)C)c3ccc(CC(C)C)cc13)Oc1cc3cccc(CC(C)C)c3c3cc[n+](C)c-2c13. The highest BCUT2D eigenvalue weighted by molar-refractivity contribution is 6.17. The van der Waals surface area contributed by atoms with Crippen LogP contribution in [0.2, 0.25) is 0 Å². The van der Waals surface area contributed by atoms with Gasteiger partial charge in [-0.25, -0.2) is 4.57 Å². The Morgan fingerprint density at radius 1 is 0.825 bits per heavy atom. The highest BCUT2D eigenvalue weighted by Crippen LogP contribution is 2.53. The lowest BCUT2D eigenvalue weighted by atomic mass is 9.81. The molecule has 0 saturated heterocycles. The first-order valence-corrected chi connectivity index (χ1v) is 15.1. The third kappa shape index (κ3) is 4.46. The summed E-state index contributed by atoms with van der Waals surface area (Å²) < 4.78 is 9.40. The van der Waals surface area contributed by atoms with Crippen molar-refractivity contribution >= 4 is 32.3 Å². The molecule has 0 amide bonds. The molecule has 1 aromatic heterocycles. The number of fused-ring (bicyclic) bond motifs is 5. The van der Waals surface area contributed by atoms with E-state index < -0.39 is 0 Å². The van der Waals surface area contributed by atoms with Crippen molar-refractivity contribution in [1.82, 2.24) is 0 Å².